The van der Waals surface area contributed by atoms with E-state index >= 15 is 0 Å². The molecule has 174 valence electrons. The number of amides is 2. The van der Waals surface area contributed by atoms with Crippen molar-refractivity contribution in [3.05, 3.63) is 52.7 Å². The molecule has 0 aliphatic rings. The van der Waals surface area contributed by atoms with Crippen LogP contribution in [0.5, 0.6) is 0 Å². The van der Waals surface area contributed by atoms with Gasteiger partial charge in [-0.3, -0.25) is 9.59 Å². The largest absolute Gasteiger partial charge is 0.465 e. The summed E-state index contributed by atoms with van der Waals surface area (Å²) >= 11 is 1.33. The Kier molecular flexibility index (Phi) is 7.33. The highest BCUT2D eigenvalue weighted by Crippen LogP contribution is 2.32. The molecule has 1 aromatic carbocycles. The molecule has 1 unspecified atom stereocenters. The number of methoxy groups -OCH3 is 1. The second-order valence-electron chi connectivity index (χ2n) is 8.11. The van der Waals surface area contributed by atoms with Crippen LogP contribution in [0.3, 0.4) is 0 Å². The molecule has 0 bridgehead atoms. The lowest BCUT2D eigenvalue weighted by atomic mass is 10.0. The summed E-state index contributed by atoms with van der Waals surface area (Å²) in [6.45, 7) is 9.14. The average molecular weight is 469 g/mol. The van der Waals surface area contributed by atoms with Gasteiger partial charge in [0.25, 0.3) is 0 Å². The number of rotatable bonds is 7. The van der Waals surface area contributed by atoms with Crippen LogP contribution in [0.2, 0.25) is 0 Å². The molecule has 8 nitrogen and oxygen atoms in total. The molecule has 1 atom stereocenters. The van der Waals surface area contributed by atoms with Crippen molar-refractivity contribution in [2.45, 2.75) is 40.7 Å². The lowest BCUT2D eigenvalue weighted by Gasteiger charge is -2.20. The molecule has 3 rings (SSSR count). The molecule has 0 fully saturated rings. The third-order valence-electron chi connectivity index (χ3n) is 5.30. The van der Waals surface area contributed by atoms with Gasteiger partial charge in [-0.1, -0.05) is 13.8 Å². The molecule has 0 saturated carbocycles. The van der Waals surface area contributed by atoms with E-state index in [9.17, 15) is 14.4 Å². The third kappa shape index (κ3) is 5.31. The Labute approximate surface area is 197 Å². The molecule has 2 aromatic heterocycles. The number of thiazole rings is 1. The Morgan fingerprint density at radius 3 is 2.36 bits per heavy atom. The van der Waals surface area contributed by atoms with Crippen molar-refractivity contribution in [2.24, 2.45) is 5.92 Å². The first-order valence-corrected chi connectivity index (χ1v) is 11.4. The first-order valence-electron chi connectivity index (χ1n) is 10.5. The van der Waals surface area contributed by atoms with E-state index in [1.54, 1.807) is 12.1 Å². The van der Waals surface area contributed by atoms with E-state index in [1.165, 1.54) is 25.4 Å². The third-order valence-corrected chi connectivity index (χ3v) is 6.05. The van der Waals surface area contributed by atoms with Crippen LogP contribution in [-0.4, -0.2) is 40.5 Å². The SMILES string of the molecule is COC(=O)c1ccc(-n2c(C)cc(-c3csc(NC(=O)C(NC(C)=O)C(C)C)n3)c2C)cc1. The number of benzene rings is 1. The number of aromatic nitrogens is 2. The number of carbonyl (C=O) groups excluding carboxylic acids is 3. The molecule has 0 aliphatic carbocycles. The van der Waals surface area contributed by atoms with Crippen molar-refractivity contribution in [1.29, 1.82) is 0 Å². The first kappa shape index (κ1) is 24.2. The van der Waals surface area contributed by atoms with Crippen molar-refractivity contribution in [1.82, 2.24) is 14.9 Å². The van der Waals surface area contributed by atoms with Crippen LogP contribution in [0.1, 0.15) is 42.5 Å². The summed E-state index contributed by atoms with van der Waals surface area (Å²) in [6.07, 6.45) is 0. The smallest absolute Gasteiger partial charge is 0.337 e. The highest BCUT2D eigenvalue weighted by molar-refractivity contribution is 7.14. The fourth-order valence-corrected chi connectivity index (χ4v) is 4.39. The fourth-order valence-electron chi connectivity index (χ4n) is 3.68. The zero-order valence-corrected chi connectivity index (χ0v) is 20.4. The molecule has 2 N–H and O–H groups in total. The quantitative estimate of drug-likeness (QED) is 0.508. The second kappa shape index (κ2) is 9.99. The number of hydrogen-bond donors (Lipinski definition) is 2. The molecular weight excluding hydrogens is 440 g/mol. The van der Waals surface area contributed by atoms with Gasteiger partial charge < -0.3 is 19.9 Å². The van der Waals surface area contributed by atoms with Gasteiger partial charge in [-0.25, -0.2) is 9.78 Å². The van der Waals surface area contributed by atoms with Gasteiger partial charge >= 0.3 is 5.97 Å². The van der Waals surface area contributed by atoms with Crippen molar-refractivity contribution in [3.8, 4) is 16.9 Å². The van der Waals surface area contributed by atoms with Crippen LogP contribution in [-0.2, 0) is 14.3 Å². The van der Waals surface area contributed by atoms with E-state index < -0.39 is 6.04 Å². The van der Waals surface area contributed by atoms with Crippen molar-refractivity contribution < 1.29 is 19.1 Å². The topological polar surface area (TPSA) is 102 Å². The zero-order valence-electron chi connectivity index (χ0n) is 19.6. The van der Waals surface area contributed by atoms with Gasteiger partial charge in [-0.2, -0.15) is 0 Å². The van der Waals surface area contributed by atoms with Gasteiger partial charge in [-0.15, -0.1) is 11.3 Å². The summed E-state index contributed by atoms with van der Waals surface area (Å²) in [5.74, 6) is -0.982. The number of hydrogen-bond acceptors (Lipinski definition) is 6. The summed E-state index contributed by atoms with van der Waals surface area (Å²) in [7, 11) is 1.36. The average Bonchev–Trinajstić information content (AvgIpc) is 3.34. The van der Waals surface area contributed by atoms with Gasteiger partial charge in [0.2, 0.25) is 11.8 Å². The number of nitrogens with zero attached hydrogens (tertiary/aromatic N) is 2. The minimum absolute atomic E-state index is 0.0576. The first-order chi connectivity index (χ1) is 15.6. The van der Waals surface area contributed by atoms with Gasteiger partial charge in [0.1, 0.15) is 6.04 Å². The lowest BCUT2D eigenvalue weighted by molar-refractivity contribution is -0.126. The van der Waals surface area contributed by atoms with Crippen LogP contribution in [0.25, 0.3) is 16.9 Å². The number of aryl methyl sites for hydroxylation is 1. The van der Waals surface area contributed by atoms with Crippen LogP contribution in [0.4, 0.5) is 5.13 Å². The minimum atomic E-state index is -0.632. The summed E-state index contributed by atoms with van der Waals surface area (Å²) < 4.78 is 6.85. The Morgan fingerprint density at radius 2 is 1.79 bits per heavy atom. The van der Waals surface area contributed by atoms with E-state index in [0.29, 0.717) is 10.7 Å². The van der Waals surface area contributed by atoms with E-state index in [1.807, 2.05) is 51.3 Å². The highest BCUT2D eigenvalue weighted by atomic mass is 32.1. The van der Waals surface area contributed by atoms with Gasteiger partial charge in [0.15, 0.2) is 5.13 Å². The summed E-state index contributed by atoms with van der Waals surface area (Å²) in [5, 5.41) is 7.87. The second-order valence-corrected chi connectivity index (χ2v) is 8.97. The zero-order chi connectivity index (χ0) is 24.3. The lowest BCUT2D eigenvalue weighted by Crippen LogP contribution is -2.46. The fraction of sp³-hybridized carbons (Fsp3) is 0.333. The standard InChI is InChI=1S/C24H28N4O4S/c1-13(2)21(25-16(5)29)22(30)27-24-26-20(12-33-24)19-11-14(3)28(15(19)4)18-9-7-17(8-10-18)23(31)32-6/h7-13,21H,1-6H3,(H,25,29)(H,26,27,30). The Morgan fingerprint density at radius 1 is 1.12 bits per heavy atom. The van der Waals surface area contributed by atoms with Crippen LogP contribution < -0.4 is 10.6 Å². The Balaban J connectivity index is 1.84. The number of carbonyl (C=O) groups is 3. The Bertz CT molecular complexity index is 1180. The number of nitrogens with one attached hydrogen (secondary N) is 2. The van der Waals surface area contributed by atoms with Crippen molar-refractivity contribution >= 4 is 34.3 Å². The van der Waals surface area contributed by atoms with Gasteiger partial charge in [0.05, 0.1) is 18.4 Å². The number of anilines is 1. The normalized spacial score (nSPS) is 11.8. The van der Waals surface area contributed by atoms with E-state index in [-0.39, 0.29) is 23.7 Å². The predicted molar refractivity (Wildman–Crippen MR) is 129 cm³/mol. The minimum Gasteiger partial charge on any atom is -0.465 e. The molecule has 2 amide bonds. The Hall–Kier alpha value is -3.46. The predicted octanol–water partition coefficient (Wildman–Crippen LogP) is 4.10. The molecule has 2 heterocycles. The van der Waals surface area contributed by atoms with Crippen molar-refractivity contribution in [2.75, 3.05) is 12.4 Å². The molecular formula is C24H28N4O4S. The van der Waals surface area contributed by atoms with E-state index in [0.717, 1.165) is 28.3 Å². The molecule has 0 saturated heterocycles. The summed E-state index contributed by atoms with van der Waals surface area (Å²) in [5.41, 5.74) is 5.10. The van der Waals surface area contributed by atoms with Crippen LogP contribution in [0, 0.1) is 19.8 Å². The molecule has 0 radical (unpaired) electrons. The van der Waals surface area contributed by atoms with Crippen molar-refractivity contribution in [3.63, 3.8) is 0 Å². The maximum atomic E-state index is 12.6. The molecule has 3 aromatic rings. The van der Waals surface area contributed by atoms with E-state index in [2.05, 4.69) is 20.2 Å². The van der Waals surface area contributed by atoms with Crippen LogP contribution in [0.15, 0.2) is 35.7 Å². The molecule has 0 aliphatic heterocycles. The van der Waals surface area contributed by atoms with Gasteiger partial charge in [0, 0.05) is 34.9 Å². The maximum absolute atomic E-state index is 12.6. The highest BCUT2D eigenvalue weighted by Gasteiger charge is 2.24. The maximum Gasteiger partial charge on any atom is 0.337 e. The van der Waals surface area contributed by atoms with Gasteiger partial charge in [-0.05, 0) is 50.1 Å². The number of ether oxygens (including phenoxy) is 1. The monoisotopic (exact) mass is 468 g/mol. The summed E-state index contributed by atoms with van der Waals surface area (Å²) in [4.78, 5) is 40.4. The number of esters is 1. The molecule has 0 spiro atoms. The molecule has 33 heavy (non-hydrogen) atoms. The summed E-state index contributed by atoms with van der Waals surface area (Å²) in [6, 6.07) is 8.62. The van der Waals surface area contributed by atoms with Crippen LogP contribution >= 0.6 is 11.3 Å². The molecule has 9 heteroatoms. The van der Waals surface area contributed by atoms with E-state index in [4.69, 9.17) is 4.74 Å².